The van der Waals surface area contributed by atoms with Crippen molar-refractivity contribution in [2.45, 2.75) is 13.8 Å². The van der Waals surface area contributed by atoms with E-state index in [1.165, 1.54) is 27.0 Å². The van der Waals surface area contributed by atoms with Crippen molar-refractivity contribution < 1.29 is 23.7 Å². The van der Waals surface area contributed by atoms with Crippen LogP contribution in [-0.4, -0.2) is 23.2 Å². The Morgan fingerprint density at radius 2 is 2.09 bits per heavy atom. The van der Waals surface area contributed by atoms with Crippen LogP contribution in [0.1, 0.15) is 23.9 Å². The topological polar surface area (TPSA) is 105 Å². The van der Waals surface area contributed by atoms with Gasteiger partial charge >= 0.3 is 11.7 Å². The molecule has 0 aliphatic heterocycles. The van der Waals surface area contributed by atoms with Crippen LogP contribution in [0.4, 0.5) is 5.69 Å². The first-order chi connectivity index (χ1) is 10.9. The normalized spacial score (nSPS) is 10.7. The van der Waals surface area contributed by atoms with Crippen LogP contribution in [0.5, 0.6) is 11.5 Å². The zero-order valence-corrected chi connectivity index (χ0v) is 12.7. The van der Waals surface area contributed by atoms with Gasteiger partial charge < -0.3 is 14.0 Å². The number of hydrogen-bond donors (Lipinski definition) is 0. The van der Waals surface area contributed by atoms with E-state index in [2.05, 4.69) is 5.16 Å². The second-order valence-electron chi connectivity index (χ2n) is 4.58. The van der Waals surface area contributed by atoms with Crippen LogP contribution in [-0.2, 0) is 4.79 Å². The summed E-state index contributed by atoms with van der Waals surface area (Å²) in [7, 11) is 1.44. The van der Waals surface area contributed by atoms with Gasteiger partial charge in [-0.15, -0.1) is 0 Å². The highest BCUT2D eigenvalue weighted by molar-refractivity contribution is 5.74. The van der Waals surface area contributed by atoms with Gasteiger partial charge in [0.25, 0.3) is 0 Å². The Bertz CT molecular complexity index is 778. The van der Waals surface area contributed by atoms with Crippen LogP contribution in [0.25, 0.3) is 12.2 Å². The van der Waals surface area contributed by atoms with Gasteiger partial charge in [0.15, 0.2) is 17.2 Å². The number of nitro groups is 1. The van der Waals surface area contributed by atoms with Crippen molar-refractivity contribution in [2.75, 3.05) is 7.11 Å². The molecule has 2 aromatic rings. The molecule has 8 nitrogen and oxygen atoms in total. The molecule has 0 fully saturated rings. The third-order valence-electron chi connectivity index (χ3n) is 2.91. The van der Waals surface area contributed by atoms with Gasteiger partial charge in [-0.2, -0.15) is 0 Å². The molecule has 0 atom stereocenters. The Hall–Kier alpha value is -3.16. The van der Waals surface area contributed by atoms with Crippen molar-refractivity contribution in [1.29, 1.82) is 0 Å². The molecule has 0 amide bonds. The summed E-state index contributed by atoms with van der Waals surface area (Å²) in [6.07, 6.45) is 3.05. The van der Waals surface area contributed by atoms with Crippen LogP contribution in [0, 0.1) is 17.0 Å². The zero-order chi connectivity index (χ0) is 17.0. The number of ether oxygens (including phenoxy) is 2. The number of aromatic nitrogens is 1. The molecule has 0 spiro atoms. The van der Waals surface area contributed by atoms with E-state index in [-0.39, 0.29) is 17.1 Å². The van der Waals surface area contributed by atoms with Gasteiger partial charge in [0, 0.05) is 6.92 Å². The van der Waals surface area contributed by atoms with Gasteiger partial charge in [0.2, 0.25) is 5.76 Å². The molecular formula is C15H14N2O6. The van der Waals surface area contributed by atoms with E-state index in [1.54, 1.807) is 24.3 Å². The van der Waals surface area contributed by atoms with Crippen molar-refractivity contribution in [1.82, 2.24) is 5.16 Å². The van der Waals surface area contributed by atoms with Crippen LogP contribution in [0.15, 0.2) is 22.7 Å². The minimum Gasteiger partial charge on any atom is -0.493 e. The Balaban J connectivity index is 2.30. The van der Waals surface area contributed by atoms with E-state index in [1.807, 2.05) is 0 Å². The molecule has 2 rings (SSSR count). The molecule has 0 radical (unpaired) electrons. The second-order valence-corrected chi connectivity index (χ2v) is 4.58. The highest BCUT2D eigenvalue weighted by Gasteiger charge is 2.21. The fourth-order valence-electron chi connectivity index (χ4n) is 1.91. The lowest BCUT2D eigenvalue weighted by Crippen LogP contribution is -2.02. The molecule has 120 valence electrons. The van der Waals surface area contributed by atoms with Crippen LogP contribution in [0.3, 0.4) is 0 Å². The van der Waals surface area contributed by atoms with Crippen molar-refractivity contribution in [3.8, 4) is 11.5 Å². The summed E-state index contributed by atoms with van der Waals surface area (Å²) in [6.45, 7) is 2.79. The highest BCUT2D eigenvalue weighted by atomic mass is 16.6. The molecule has 23 heavy (non-hydrogen) atoms. The maximum absolute atomic E-state index is 11.0. The van der Waals surface area contributed by atoms with Gasteiger partial charge in [0.05, 0.1) is 12.0 Å². The van der Waals surface area contributed by atoms with Crippen molar-refractivity contribution in [3.05, 3.63) is 45.3 Å². The van der Waals surface area contributed by atoms with Gasteiger partial charge in [-0.3, -0.25) is 14.9 Å². The largest absolute Gasteiger partial charge is 0.493 e. The van der Waals surface area contributed by atoms with Crippen LogP contribution >= 0.6 is 0 Å². The third kappa shape index (κ3) is 3.73. The number of carbonyl (C=O) groups excluding carboxylic acids is 1. The SMILES string of the molecule is COc1cc(/C=C/c2onc(C)c2[N+](=O)[O-])ccc1OC(C)=O. The van der Waals surface area contributed by atoms with Gasteiger partial charge in [0.1, 0.15) is 0 Å². The predicted molar refractivity (Wildman–Crippen MR) is 81.1 cm³/mol. The number of benzene rings is 1. The summed E-state index contributed by atoms with van der Waals surface area (Å²) in [6, 6.07) is 4.87. The average Bonchev–Trinajstić information content (AvgIpc) is 2.86. The molecule has 0 unspecified atom stereocenters. The van der Waals surface area contributed by atoms with Crippen molar-refractivity contribution >= 4 is 23.8 Å². The molecule has 0 bridgehead atoms. The lowest BCUT2D eigenvalue weighted by atomic mass is 10.1. The zero-order valence-electron chi connectivity index (χ0n) is 12.7. The summed E-state index contributed by atoms with van der Waals surface area (Å²) in [5, 5.41) is 14.5. The number of aryl methyl sites for hydroxylation is 1. The predicted octanol–water partition coefficient (Wildman–Crippen LogP) is 3.00. The highest BCUT2D eigenvalue weighted by Crippen LogP contribution is 2.30. The number of nitrogens with zero attached hydrogens (tertiary/aromatic N) is 2. The summed E-state index contributed by atoms with van der Waals surface area (Å²) >= 11 is 0. The number of esters is 1. The number of methoxy groups -OCH3 is 1. The van der Waals surface area contributed by atoms with E-state index in [0.29, 0.717) is 17.1 Å². The minimum atomic E-state index is -0.546. The number of rotatable bonds is 5. The maximum Gasteiger partial charge on any atom is 0.338 e. The van der Waals surface area contributed by atoms with Crippen molar-refractivity contribution in [3.63, 3.8) is 0 Å². The smallest absolute Gasteiger partial charge is 0.338 e. The minimum absolute atomic E-state index is 0.0514. The summed E-state index contributed by atoms with van der Waals surface area (Å²) < 4.78 is 15.1. The standard InChI is InChI=1S/C15H14N2O6/c1-9-15(17(19)20)13(23-16-9)7-5-11-4-6-12(22-10(2)18)14(8-11)21-3/h4-8H,1-3H3/b7-5+. The third-order valence-corrected chi connectivity index (χ3v) is 2.91. The van der Waals surface area contributed by atoms with E-state index < -0.39 is 10.9 Å². The van der Waals surface area contributed by atoms with Gasteiger partial charge in [-0.05, 0) is 30.7 Å². The number of carbonyl (C=O) groups is 1. The maximum atomic E-state index is 11.0. The molecule has 0 saturated carbocycles. The first-order valence-electron chi connectivity index (χ1n) is 6.57. The van der Waals surface area contributed by atoms with E-state index in [4.69, 9.17) is 14.0 Å². The lowest BCUT2D eigenvalue weighted by Gasteiger charge is -2.08. The molecule has 0 aliphatic rings. The average molecular weight is 318 g/mol. The van der Waals surface area contributed by atoms with E-state index in [9.17, 15) is 14.9 Å². The number of hydrogen-bond acceptors (Lipinski definition) is 7. The Morgan fingerprint density at radius 1 is 1.35 bits per heavy atom. The Kier molecular flexibility index (Phi) is 4.75. The quantitative estimate of drug-likeness (QED) is 0.361. The monoisotopic (exact) mass is 318 g/mol. The van der Waals surface area contributed by atoms with Gasteiger partial charge in [-0.25, -0.2) is 0 Å². The second kappa shape index (κ2) is 6.73. The van der Waals surface area contributed by atoms with Gasteiger partial charge in [-0.1, -0.05) is 17.3 Å². The van der Waals surface area contributed by atoms with Crippen molar-refractivity contribution in [2.24, 2.45) is 0 Å². The molecule has 1 aromatic heterocycles. The fraction of sp³-hybridized carbons (Fsp3) is 0.200. The van der Waals surface area contributed by atoms with Crippen LogP contribution < -0.4 is 9.47 Å². The molecule has 1 heterocycles. The Morgan fingerprint density at radius 3 is 2.70 bits per heavy atom. The van der Waals surface area contributed by atoms with Crippen LogP contribution in [0.2, 0.25) is 0 Å². The molecule has 8 heteroatoms. The first-order valence-corrected chi connectivity index (χ1v) is 6.57. The molecule has 0 N–H and O–H groups in total. The Labute approximate surface area is 131 Å². The van der Waals surface area contributed by atoms with E-state index >= 15 is 0 Å². The molecule has 0 aliphatic carbocycles. The summed E-state index contributed by atoms with van der Waals surface area (Å²) in [5.74, 6) is 0.249. The fourth-order valence-corrected chi connectivity index (χ4v) is 1.91. The summed E-state index contributed by atoms with van der Waals surface area (Å²) in [5.41, 5.74) is 0.711. The molecule has 0 saturated heterocycles. The van der Waals surface area contributed by atoms with E-state index in [0.717, 1.165) is 0 Å². The first kappa shape index (κ1) is 16.2. The molecular weight excluding hydrogens is 304 g/mol. The lowest BCUT2D eigenvalue weighted by molar-refractivity contribution is -0.386. The summed E-state index contributed by atoms with van der Waals surface area (Å²) in [4.78, 5) is 21.4. The molecule has 1 aromatic carbocycles.